The number of hydrogen-bond acceptors (Lipinski definition) is 4. The second-order valence-corrected chi connectivity index (χ2v) is 6.34. The summed E-state index contributed by atoms with van der Waals surface area (Å²) >= 11 is 0. The summed E-state index contributed by atoms with van der Waals surface area (Å²) in [7, 11) is 3.35. The van der Waals surface area contributed by atoms with Crippen molar-refractivity contribution in [1.82, 2.24) is 10.6 Å². The number of methoxy groups -OCH3 is 2. The number of nitrogens with zero attached hydrogens (tertiary/aromatic N) is 1. The van der Waals surface area contributed by atoms with Gasteiger partial charge in [0.05, 0.1) is 34.0 Å². The summed E-state index contributed by atoms with van der Waals surface area (Å²) in [5, 5.41) is 6.55. The first-order valence-electron chi connectivity index (χ1n) is 9.52. The van der Waals surface area contributed by atoms with Gasteiger partial charge in [-0.3, -0.25) is 0 Å². The predicted octanol–water partition coefficient (Wildman–Crippen LogP) is 3.28. The molecule has 0 bridgehead atoms. The van der Waals surface area contributed by atoms with Crippen molar-refractivity contribution in [3.05, 3.63) is 59.2 Å². The quantitative estimate of drug-likeness (QED) is 0.373. The van der Waals surface area contributed by atoms with Crippen LogP contribution in [0.3, 0.4) is 0 Å². The highest BCUT2D eigenvalue weighted by Gasteiger charge is 2.04. The van der Waals surface area contributed by atoms with Crippen LogP contribution in [-0.2, 0) is 17.9 Å². The van der Waals surface area contributed by atoms with Crippen molar-refractivity contribution in [2.75, 3.05) is 33.9 Å². The summed E-state index contributed by atoms with van der Waals surface area (Å²) in [6.45, 7) is 7.23. The van der Waals surface area contributed by atoms with Gasteiger partial charge in [0, 0.05) is 18.7 Å². The van der Waals surface area contributed by atoms with Crippen molar-refractivity contribution in [1.29, 1.82) is 0 Å². The topological polar surface area (TPSA) is 64.1 Å². The molecule has 0 spiro atoms. The van der Waals surface area contributed by atoms with Crippen molar-refractivity contribution in [3.8, 4) is 11.5 Å². The number of aliphatic imine (C=N–C) groups is 1. The van der Waals surface area contributed by atoms with E-state index in [0.29, 0.717) is 26.3 Å². The minimum Gasteiger partial charge on any atom is -0.497 e. The van der Waals surface area contributed by atoms with E-state index in [1.165, 1.54) is 5.56 Å². The van der Waals surface area contributed by atoms with Crippen molar-refractivity contribution in [2.24, 2.45) is 4.99 Å². The molecular formula is C22H31N3O3. The fourth-order valence-electron chi connectivity index (χ4n) is 2.68. The van der Waals surface area contributed by atoms with Gasteiger partial charge in [0.25, 0.3) is 0 Å². The van der Waals surface area contributed by atoms with E-state index in [9.17, 15) is 0 Å². The number of hydrogen-bond donors (Lipinski definition) is 2. The van der Waals surface area contributed by atoms with Crippen LogP contribution in [-0.4, -0.2) is 39.9 Å². The summed E-state index contributed by atoms with van der Waals surface area (Å²) < 4.78 is 16.4. The van der Waals surface area contributed by atoms with Crippen LogP contribution in [0.25, 0.3) is 0 Å². The molecule has 2 rings (SSSR count). The smallest absolute Gasteiger partial charge is 0.191 e. The van der Waals surface area contributed by atoms with Gasteiger partial charge in [-0.1, -0.05) is 24.3 Å². The molecule has 0 saturated heterocycles. The molecule has 0 amide bonds. The first-order valence-corrected chi connectivity index (χ1v) is 9.52. The van der Waals surface area contributed by atoms with E-state index in [4.69, 9.17) is 14.2 Å². The Hall–Kier alpha value is -2.73. The van der Waals surface area contributed by atoms with Crippen LogP contribution >= 0.6 is 0 Å². The predicted molar refractivity (Wildman–Crippen MR) is 113 cm³/mol. The van der Waals surface area contributed by atoms with Crippen LogP contribution in [0.5, 0.6) is 11.5 Å². The summed E-state index contributed by atoms with van der Waals surface area (Å²) in [6.07, 6.45) is 0. The number of nitrogens with one attached hydrogen (secondary N) is 2. The molecule has 0 aromatic heterocycles. The number of guanidine groups is 1. The fourth-order valence-corrected chi connectivity index (χ4v) is 2.68. The zero-order valence-corrected chi connectivity index (χ0v) is 17.2. The minimum absolute atomic E-state index is 0.545. The Balaban J connectivity index is 1.81. The van der Waals surface area contributed by atoms with Crippen molar-refractivity contribution in [3.63, 3.8) is 0 Å². The molecule has 0 aliphatic rings. The summed E-state index contributed by atoms with van der Waals surface area (Å²) in [6, 6.07) is 14.0. The molecular weight excluding hydrogens is 354 g/mol. The molecule has 6 heteroatoms. The fraction of sp³-hybridized carbons (Fsp3) is 0.409. The highest BCUT2D eigenvalue weighted by atomic mass is 16.5. The number of ether oxygens (including phenoxy) is 3. The van der Waals surface area contributed by atoms with Gasteiger partial charge < -0.3 is 24.8 Å². The van der Waals surface area contributed by atoms with Crippen LogP contribution < -0.4 is 20.1 Å². The van der Waals surface area contributed by atoms with Crippen LogP contribution in [0, 0.1) is 6.92 Å². The maximum Gasteiger partial charge on any atom is 0.191 e. The van der Waals surface area contributed by atoms with Gasteiger partial charge in [0.1, 0.15) is 11.5 Å². The van der Waals surface area contributed by atoms with Crippen LogP contribution in [0.2, 0.25) is 0 Å². The lowest BCUT2D eigenvalue weighted by Gasteiger charge is -2.13. The Labute approximate surface area is 167 Å². The summed E-state index contributed by atoms with van der Waals surface area (Å²) in [5.74, 6) is 2.46. The van der Waals surface area contributed by atoms with E-state index in [-0.39, 0.29) is 0 Å². The van der Waals surface area contributed by atoms with E-state index in [1.807, 2.05) is 44.2 Å². The number of aryl methyl sites for hydroxylation is 1. The lowest BCUT2D eigenvalue weighted by molar-refractivity contribution is 0.125. The second-order valence-electron chi connectivity index (χ2n) is 6.34. The molecule has 2 aromatic rings. The van der Waals surface area contributed by atoms with Gasteiger partial charge in [-0.2, -0.15) is 0 Å². The van der Waals surface area contributed by atoms with Gasteiger partial charge in [-0.05, 0) is 43.2 Å². The third-order valence-corrected chi connectivity index (χ3v) is 4.14. The maximum atomic E-state index is 5.74. The zero-order chi connectivity index (χ0) is 20.2. The van der Waals surface area contributed by atoms with Gasteiger partial charge in [0.15, 0.2) is 5.96 Å². The third kappa shape index (κ3) is 7.12. The molecule has 0 heterocycles. The molecule has 0 atom stereocenters. The van der Waals surface area contributed by atoms with Gasteiger partial charge in [-0.15, -0.1) is 0 Å². The Morgan fingerprint density at radius 2 is 1.89 bits per heavy atom. The van der Waals surface area contributed by atoms with E-state index < -0.39 is 0 Å². The van der Waals surface area contributed by atoms with Crippen molar-refractivity contribution < 1.29 is 14.2 Å². The van der Waals surface area contributed by atoms with Crippen molar-refractivity contribution in [2.45, 2.75) is 27.0 Å². The molecule has 152 valence electrons. The molecule has 0 radical (unpaired) electrons. The van der Waals surface area contributed by atoms with E-state index in [1.54, 1.807) is 14.2 Å². The monoisotopic (exact) mass is 385 g/mol. The lowest BCUT2D eigenvalue weighted by Crippen LogP contribution is -2.39. The van der Waals surface area contributed by atoms with Gasteiger partial charge in [0.2, 0.25) is 0 Å². The highest BCUT2D eigenvalue weighted by molar-refractivity contribution is 5.79. The maximum absolute atomic E-state index is 5.74. The molecule has 6 nitrogen and oxygen atoms in total. The van der Waals surface area contributed by atoms with E-state index in [2.05, 4.69) is 27.8 Å². The first kappa shape index (κ1) is 21.6. The number of benzene rings is 2. The minimum atomic E-state index is 0.545. The molecule has 0 fully saturated rings. The molecule has 2 aromatic carbocycles. The highest BCUT2D eigenvalue weighted by Crippen LogP contribution is 2.20. The second kappa shape index (κ2) is 11.9. The standard InChI is InChI=1S/C22H31N3O3/c1-5-23-22(25-15-19-10-9-17(2)13-21(19)27-4)24-11-12-28-16-18-7-6-8-20(14-18)26-3/h6-10,13-14H,5,11-12,15-16H2,1-4H3,(H2,23,24,25). The molecule has 0 aliphatic heterocycles. The average molecular weight is 386 g/mol. The third-order valence-electron chi connectivity index (χ3n) is 4.14. The molecule has 0 aliphatic carbocycles. The summed E-state index contributed by atoms with van der Waals surface area (Å²) in [4.78, 5) is 4.64. The summed E-state index contributed by atoms with van der Waals surface area (Å²) in [5.41, 5.74) is 3.31. The van der Waals surface area contributed by atoms with E-state index >= 15 is 0 Å². The Morgan fingerprint density at radius 1 is 1.04 bits per heavy atom. The Morgan fingerprint density at radius 3 is 2.64 bits per heavy atom. The van der Waals surface area contributed by atoms with Crippen LogP contribution in [0.15, 0.2) is 47.5 Å². The number of rotatable bonds is 10. The van der Waals surface area contributed by atoms with Crippen LogP contribution in [0.1, 0.15) is 23.6 Å². The van der Waals surface area contributed by atoms with Crippen LogP contribution in [0.4, 0.5) is 0 Å². The molecule has 0 unspecified atom stereocenters. The molecule has 28 heavy (non-hydrogen) atoms. The van der Waals surface area contributed by atoms with Crippen molar-refractivity contribution >= 4 is 5.96 Å². The lowest BCUT2D eigenvalue weighted by atomic mass is 10.1. The Bertz CT molecular complexity index is 762. The zero-order valence-electron chi connectivity index (χ0n) is 17.2. The van der Waals surface area contributed by atoms with E-state index in [0.717, 1.165) is 35.1 Å². The molecule has 2 N–H and O–H groups in total. The largest absolute Gasteiger partial charge is 0.497 e. The average Bonchev–Trinajstić information content (AvgIpc) is 2.72. The Kier molecular flexibility index (Phi) is 9.15. The first-order chi connectivity index (χ1) is 13.7. The van der Waals surface area contributed by atoms with Gasteiger partial charge in [-0.25, -0.2) is 4.99 Å². The SMILES string of the molecule is CCNC(=NCc1ccc(C)cc1OC)NCCOCc1cccc(OC)c1. The van der Waals surface area contributed by atoms with Gasteiger partial charge >= 0.3 is 0 Å². The normalized spacial score (nSPS) is 11.2. The molecule has 0 saturated carbocycles.